The topological polar surface area (TPSA) is 85.8 Å². The van der Waals surface area contributed by atoms with Crippen LogP contribution in [0.1, 0.15) is 36.4 Å². The first-order valence-electron chi connectivity index (χ1n) is 9.90. The molecule has 0 unspecified atom stereocenters. The van der Waals surface area contributed by atoms with Gasteiger partial charge in [0, 0.05) is 22.5 Å². The number of aromatic nitrogens is 4. The number of furan rings is 1. The van der Waals surface area contributed by atoms with Crippen molar-refractivity contribution in [2.45, 2.75) is 38.4 Å². The van der Waals surface area contributed by atoms with E-state index in [1.165, 1.54) is 11.8 Å². The lowest BCUT2D eigenvalue weighted by Crippen LogP contribution is -2.15. The number of thioether (sulfide) groups is 1. The lowest BCUT2D eigenvalue weighted by molar-refractivity contribution is -0.113. The number of nitrogens with zero attached hydrogens (tertiary/aromatic N) is 4. The number of benzene rings is 1. The molecule has 0 bridgehead atoms. The number of thiazole rings is 1. The fourth-order valence-corrected chi connectivity index (χ4v) is 4.49. The minimum absolute atomic E-state index is 0.102. The molecule has 9 heteroatoms. The second-order valence-electron chi connectivity index (χ2n) is 7.33. The Hall–Kier alpha value is -2.91. The van der Waals surface area contributed by atoms with Crippen LogP contribution in [0.15, 0.2) is 57.6 Å². The third-order valence-corrected chi connectivity index (χ3v) is 6.29. The van der Waals surface area contributed by atoms with E-state index in [4.69, 9.17) is 4.42 Å². The molecule has 4 aromatic rings. The highest BCUT2D eigenvalue weighted by molar-refractivity contribution is 7.99. The molecule has 0 aliphatic heterocycles. The molecule has 0 spiro atoms. The molecule has 31 heavy (non-hydrogen) atoms. The van der Waals surface area contributed by atoms with Crippen LogP contribution in [-0.2, 0) is 11.3 Å². The van der Waals surface area contributed by atoms with Crippen LogP contribution in [0.25, 0.3) is 11.3 Å². The SMILES string of the molecule is Cc1nc(-c2cccc(NC(=O)CSc3nnc(C(C)C)n3Cc3ccco3)c2)cs1. The Labute approximate surface area is 188 Å². The number of aryl methyl sites for hydroxylation is 1. The smallest absolute Gasteiger partial charge is 0.234 e. The van der Waals surface area contributed by atoms with Gasteiger partial charge in [0.05, 0.1) is 29.3 Å². The number of anilines is 1. The van der Waals surface area contributed by atoms with Gasteiger partial charge in [-0.25, -0.2) is 4.98 Å². The van der Waals surface area contributed by atoms with E-state index in [1.54, 1.807) is 17.6 Å². The minimum atomic E-state index is -0.102. The van der Waals surface area contributed by atoms with Crippen LogP contribution in [0.3, 0.4) is 0 Å². The molecule has 0 aliphatic rings. The van der Waals surface area contributed by atoms with Gasteiger partial charge in [0.1, 0.15) is 11.6 Å². The summed E-state index contributed by atoms with van der Waals surface area (Å²) in [5.74, 6) is 2.03. The Bertz CT molecular complexity index is 1160. The second-order valence-corrected chi connectivity index (χ2v) is 9.34. The Kier molecular flexibility index (Phi) is 6.53. The fraction of sp³-hybridized carbons (Fsp3) is 0.273. The first-order valence-corrected chi connectivity index (χ1v) is 11.8. The Balaban J connectivity index is 1.42. The average molecular weight is 454 g/mol. The summed E-state index contributed by atoms with van der Waals surface area (Å²) in [6.45, 7) is 6.65. The normalized spacial score (nSPS) is 11.2. The number of amides is 1. The zero-order chi connectivity index (χ0) is 21.8. The summed E-state index contributed by atoms with van der Waals surface area (Å²) in [4.78, 5) is 17.1. The molecule has 4 rings (SSSR count). The monoisotopic (exact) mass is 453 g/mol. The number of hydrogen-bond donors (Lipinski definition) is 1. The molecule has 3 heterocycles. The quantitative estimate of drug-likeness (QED) is 0.369. The molecule has 0 radical (unpaired) electrons. The summed E-state index contributed by atoms with van der Waals surface area (Å²) in [6, 6.07) is 11.5. The molecule has 7 nitrogen and oxygen atoms in total. The van der Waals surface area contributed by atoms with E-state index in [1.807, 2.05) is 53.3 Å². The number of hydrogen-bond acceptors (Lipinski definition) is 7. The summed E-state index contributed by atoms with van der Waals surface area (Å²) in [5.41, 5.74) is 2.64. The molecule has 3 aromatic heterocycles. The summed E-state index contributed by atoms with van der Waals surface area (Å²) in [7, 11) is 0. The standard InChI is InChI=1S/C22H23N5O2S2/c1-14(2)21-25-26-22(27(21)11-18-8-5-9-29-18)31-13-20(28)24-17-7-4-6-16(10-17)19-12-30-15(3)23-19/h4-10,12,14H,11,13H2,1-3H3,(H,24,28). The number of rotatable bonds is 8. The van der Waals surface area contributed by atoms with Crippen molar-refractivity contribution in [1.29, 1.82) is 0 Å². The second kappa shape index (κ2) is 9.49. The molecule has 0 saturated carbocycles. The van der Waals surface area contributed by atoms with Gasteiger partial charge in [-0.1, -0.05) is 37.7 Å². The molecule has 0 fully saturated rings. The van der Waals surface area contributed by atoms with Crippen LogP contribution >= 0.6 is 23.1 Å². The van der Waals surface area contributed by atoms with Crippen LogP contribution in [0.4, 0.5) is 5.69 Å². The molecule has 0 aliphatic carbocycles. The van der Waals surface area contributed by atoms with Gasteiger partial charge < -0.3 is 9.73 Å². The lowest BCUT2D eigenvalue weighted by atomic mass is 10.1. The van der Waals surface area contributed by atoms with Crippen molar-refractivity contribution in [3.8, 4) is 11.3 Å². The van der Waals surface area contributed by atoms with Crippen LogP contribution in [0.2, 0.25) is 0 Å². The van der Waals surface area contributed by atoms with Crippen LogP contribution in [-0.4, -0.2) is 31.4 Å². The Morgan fingerprint density at radius 2 is 2.13 bits per heavy atom. The molecular weight excluding hydrogens is 430 g/mol. The fourth-order valence-electron chi connectivity index (χ4n) is 3.12. The van der Waals surface area contributed by atoms with Crippen molar-refractivity contribution in [3.05, 3.63) is 64.6 Å². The van der Waals surface area contributed by atoms with Crippen molar-refractivity contribution in [2.75, 3.05) is 11.1 Å². The van der Waals surface area contributed by atoms with E-state index in [9.17, 15) is 4.79 Å². The van der Waals surface area contributed by atoms with Gasteiger partial charge in [-0.3, -0.25) is 9.36 Å². The molecule has 160 valence electrons. The number of carbonyl (C=O) groups is 1. The van der Waals surface area contributed by atoms with E-state index < -0.39 is 0 Å². The lowest BCUT2D eigenvalue weighted by Gasteiger charge is -2.11. The first kappa shape index (κ1) is 21.3. The van der Waals surface area contributed by atoms with E-state index in [0.29, 0.717) is 11.7 Å². The van der Waals surface area contributed by atoms with Gasteiger partial charge in [-0.2, -0.15) is 0 Å². The number of carbonyl (C=O) groups excluding carboxylic acids is 1. The highest BCUT2D eigenvalue weighted by Crippen LogP contribution is 2.25. The van der Waals surface area contributed by atoms with Crippen molar-refractivity contribution < 1.29 is 9.21 Å². The van der Waals surface area contributed by atoms with Crippen LogP contribution < -0.4 is 5.32 Å². The maximum absolute atomic E-state index is 12.6. The highest BCUT2D eigenvalue weighted by atomic mass is 32.2. The molecule has 1 aromatic carbocycles. The third kappa shape index (κ3) is 5.23. The average Bonchev–Trinajstić information content (AvgIpc) is 3.49. The van der Waals surface area contributed by atoms with Gasteiger partial charge >= 0.3 is 0 Å². The van der Waals surface area contributed by atoms with E-state index in [-0.39, 0.29) is 17.6 Å². The van der Waals surface area contributed by atoms with Gasteiger partial charge in [-0.15, -0.1) is 21.5 Å². The van der Waals surface area contributed by atoms with Gasteiger partial charge in [0.25, 0.3) is 0 Å². The van der Waals surface area contributed by atoms with Crippen LogP contribution in [0.5, 0.6) is 0 Å². The molecule has 1 N–H and O–H groups in total. The van der Waals surface area contributed by atoms with Crippen molar-refractivity contribution in [1.82, 2.24) is 19.7 Å². The predicted octanol–water partition coefficient (Wildman–Crippen LogP) is 5.21. The Morgan fingerprint density at radius 1 is 1.26 bits per heavy atom. The van der Waals surface area contributed by atoms with E-state index >= 15 is 0 Å². The maximum Gasteiger partial charge on any atom is 0.234 e. The largest absolute Gasteiger partial charge is 0.467 e. The van der Waals surface area contributed by atoms with Crippen molar-refractivity contribution >= 4 is 34.7 Å². The zero-order valence-corrected chi connectivity index (χ0v) is 19.2. The van der Waals surface area contributed by atoms with Gasteiger partial charge in [0.15, 0.2) is 5.16 Å². The van der Waals surface area contributed by atoms with E-state index in [0.717, 1.165) is 33.5 Å². The minimum Gasteiger partial charge on any atom is -0.467 e. The first-order chi connectivity index (χ1) is 15.0. The summed E-state index contributed by atoms with van der Waals surface area (Å²) >= 11 is 2.97. The number of nitrogens with one attached hydrogen (secondary N) is 1. The highest BCUT2D eigenvalue weighted by Gasteiger charge is 2.18. The maximum atomic E-state index is 12.6. The molecule has 0 saturated heterocycles. The van der Waals surface area contributed by atoms with E-state index in [2.05, 4.69) is 34.3 Å². The van der Waals surface area contributed by atoms with Gasteiger partial charge in [0.2, 0.25) is 5.91 Å². The molecule has 0 atom stereocenters. The van der Waals surface area contributed by atoms with Crippen molar-refractivity contribution in [3.63, 3.8) is 0 Å². The summed E-state index contributed by atoms with van der Waals surface area (Å²) in [6.07, 6.45) is 1.65. The summed E-state index contributed by atoms with van der Waals surface area (Å²) < 4.78 is 7.49. The molecular formula is C22H23N5O2S2. The van der Waals surface area contributed by atoms with Gasteiger partial charge in [-0.05, 0) is 31.2 Å². The van der Waals surface area contributed by atoms with Crippen LogP contribution in [0, 0.1) is 6.92 Å². The molecule has 1 amide bonds. The predicted molar refractivity (Wildman–Crippen MR) is 124 cm³/mol. The third-order valence-electron chi connectivity index (χ3n) is 4.55. The Morgan fingerprint density at radius 3 is 2.84 bits per heavy atom. The zero-order valence-electron chi connectivity index (χ0n) is 17.5. The van der Waals surface area contributed by atoms with Crippen molar-refractivity contribution in [2.24, 2.45) is 0 Å². The summed E-state index contributed by atoms with van der Waals surface area (Å²) in [5, 5.41) is 15.3.